The number of allylic oxidation sites excluding steroid dienone is 2. The van der Waals surface area contributed by atoms with Crippen molar-refractivity contribution >= 4 is 5.97 Å². The second kappa shape index (κ2) is 11.7. The second-order valence-electron chi connectivity index (χ2n) is 5.14. The lowest BCUT2D eigenvalue weighted by molar-refractivity contribution is -0.137. The Labute approximate surface area is 106 Å². The van der Waals surface area contributed by atoms with Gasteiger partial charge < -0.3 is 5.11 Å². The summed E-state index contributed by atoms with van der Waals surface area (Å²) in [4.78, 5) is 10.3. The van der Waals surface area contributed by atoms with Crippen LogP contribution in [0.15, 0.2) is 12.2 Å². The molecule has 0 bridgehead atoms. The minimum absolute atomic E-state index is 0.328. The average Bonchev–Trinajstić information content (AvgIpc) is 2.25. The third-order valence-electron chi connectivity index (χ3n) is 2.84. The number of aliphatic carboxylic acids is 1. The maximum absolute atomic E-state index is 10.3. The molecule has 0 radical (unpaired) electrons. The second-order valence-corrected chi connectivity index (χ2v) is 5.14. The molecule has 0 aromatic carbocycles. The first-order valence-electron chi connectivity index (χ1n) is 6.99. The van der Waals surface area contributed by atoms with Gasteiger partial charge in [-0.25, -0.2) is 0 Å². The number of hydrogen-bond acceptors (Lipinski definition) is 1. The fraction of sp³-hybridized carbons (Fsp3) is 0.800. The smallest absolute Gasteiger partial charge is 0.303 e. The largest absolute Gasteiger partial charge is 0.481 e. The van der Waals surface area contributed by atoms with Gasteiger partial charge in [0.2, 0.25) is 0 Å². The van der Waals surface area contributed by atoms with E-state index in [0.29, 0.717) is 6.42 Å². The van der Waals surface area contributed by atoms with Gasteiger partial charge in [0.25, 0.3) is 0 Å². The highest BCUT2D eigenvalue weighted by molar-refractivity contribution is 5.66. The van der Waals surface area contributed by atoms with Crippen molar-refractivity contribution in [1.82, 2.24) is 0 Å². The van der Waals surface area contributed by atoms with E-state index in [1.807, 2.05) is 0 Å². The highest BCUT2D eigenvalue weighted by Crippen LogP contribution is 2.09. The first kappa shape index (κ1) is 16.2. The molecule has 100 valence electrons. The fourth-order valence-electron chi connectivity index (χ4n) is 1.73. The SMILES string of the molecule is CC(C)CC/C=C\CCCCCCCC(=O)O. The standard InChI is InChI=1S/C15H28O2/c1-14(2)12-10-8-6-4-3-5-7-9-11-13-15(16)17/h6,8,14H,3-5,7,9-13H2,1-2H3,(H,16,17)/b8-6-. The molecule has 0 unspecified atom stereocenters. The summed E-state index contributed by atoms with van der Waals surface area (Å²) in [6.07, 6.45) is 14.1. The lowest BCUT2D eigenvalue weighted by Gasteiger charge is -2.00. The van der Waals surface area contributed by atoms with Gasteiger partial charge in [0.05, 0.1) is 0 Å². The van der Waals surface area contributed by atoms with Crippen LogP contribution in [0.4, 0.5) is 0 Å². The molecule has 0 aliphatic carbocycles. The highest BCUT2D eigenvalue weighted by Gasteiger charge is 1.95. The molecule has 0 amide bonds. The molecule has 0 aliphatic heterocycles. The molecule has 0 aromatic rings. The normalized spacial score (nSPS) is 11.5. The molecule has 0 saturated carbocycles. The number of unbranched alkanes of at least 4 members (excludes halogenated alkanes) is 5. The van der Waals surface area contributed by atoms with E-state index in [4.69, 9.17) is 5.11 Å². The van der Waals surface area contributed by atoms with Crippen molar-refractivity contribution in [1.29, 1.82) is 0 Å². The van der Waals surface area contributed by atoms with E-state index in [1.54, 1.807) is 0 Å². The van der Waals surface area contributed by atoms with Gasteiger partial charge in [0.15, 0.2) is 0 Å². The quantitative estimate of drug-likeness (QED) is 0.416. The predicted molar refractivity (Wildman–Crippen MR) is 73.2 cm³/mol. The lowest BCUT2D eigenvalue weighted by atomic mass is 10.1. The van der Waals surface area contributed by atoms with Crippen LogP contribution in [0.3, 0.4) is 0 Å². The summed E-state index contributed by atoms with van der Waals surface area (Å²) in [7, 11) is 0. The van der Waals surface area contributed by atoms with Crippen LogP contribution in [0, 0.1) is 5.92 Å². The lowest BCUT2D eigenvalue weighted by Crippen LogP contribution is -1.93. The summed E-state index contributed by atoms with van der Waals surface area (Å²) in [5.74, 6) is 0.131. The van der Waals surface area contributed by atoms with Crippen LogP contribution < -0.4 is 0 Å². The Kier molecular flexibility index (Phi) is 11.1. The van der Waals surface area contributed by atoms with Gasteiger partial charge >= 0.3 is 5.97 Å². The average molecular weight is 240 g/mol. The minimum atomic E-state index is -0.668. The van der Waals surface area contributed by atoms with E-state index in [9.17, 15) is 4.79 Å². The fourth-order valence-corrected chi connectivity index (χ4v) is 1.73. The predicted octanol–water partition coefficient (Wildman–Crippen LogP) is 4.79. The molecular formula is C15H28O2. The van der Waals surface area contributed by atoms with Crippen LogP contribution in [0.25, 0.3) is 0 Å². The zero-order valence-electron chi connectivity index (χ0n) is 11.5. The van der Waals surface area contributed by atoms with Gasteiger partial charge in [0.1, 0.15) is 0 Å². The van der Waals surface area contributed by atoms with Gasteiger partial charge in [-0.15, -0.1) is 0 Å². The molecule has 0 heterocycles. The van der Waals surface area contributed by atoms with Crippen molar-refractivity contribution in [3.05, 3.63) is 12.2 Å². The molecule has 0 rings (SSSR count). The molecule has 0 aliphatic rings. The highest BCUT2D eigenvalue weighted by atomic mass is 16.4. The van der Waals surface area contributed by atoms with Crippen molar-refractivity contribution in [3.63, 3.8) is 0 Å². The van der Waals surface area contributed by atoms with Crippen LogP contribution in [-0.4, -0.2) is 11.1 Å². The van der Waals surface area contributed by atoms with E-state index in [2.05, 4.69) is 26.0 Å². The molecule has 0 aromatic heterocycles. The Hall–Kier alpha value is -0.790. The monoisotopic (exact) mass is 240 g/mol. The van der Waals surface area contributed by atoms with Gasteiger partial charge in [-0.05, 0) is 38.0 Å². The zero-order valence-corrected chi connectivity index (χ0v) is 11.5. The maximum Gasteiger partial charge on any atom is 0.303 e. The van der Waals surface area contributed by atoms with Crippen LogP contribution in [-0.2, 0) is 4.79 Å². The number of hydrogen-bond donors (Lipinski definition) is 1. The molecule has 2 nitrogen and oxygen atoms in total. The molecule has 0 atom stereocenters. The maximum atomic E-state index is 10.3. The van der Waals surface area contributed by atoms with Gasteiger partial charge in [0, 0.05) is 6.42 Å². The van der Waals surface area contributed by atoms with Crippen molar-refractivity contribution in [2.45, 2.75) is 71.6 Å². The molecule has 17 heavy (non-hydrogen) atoms. The van der Waals surface area contributed by atoms with E-state index < -0.39 is 5.97 Å². The Balaban J connectivity index is 3.10. The molecule has 2 heteroatoms. The Morgan fingerprint density at radius 1 is 1.00 bits per heavy atom. The van der Waals surface area contributed by atoms with Crippen molar-refractivity contribution < 1.29 is 9.90 Å². The van der Waals surface area contributed by atoms with E-state index in [1.165, 1.54) is 38.5 Å². The van der Waals surface area contributed by atoms with Gasteiger partial charge in [-0.2, -0.15) is 0 Å². The van der Waals surface area contributed by atoms with Crippen molar-refractivity contribution in [2.75, 3.05) is 0 Å². The van der Waals surface area contributed by atoms with Crippen LogP contribution in [0.1, 0.15) is 71.6 Å². The number of carbonyl (C=O) groups is 1. The number of carboxylic acid groups (broad SMARTS) is 1. The first-order valence-corrected chi connectivity index (χ1v) is 6.99. The minimum Gasteiger partial charge on any atom is -0.481 e. The van der Waals surface area contributed by atoms with Crippen molar-refractivity contribution in [2.24, 2.45) is 5.92 Å². The zero-order chi connectivity index (χ0) is 12.9. The Morgan fingerprint density at radius 2 is 1.59 bits per heavy atom. The summed E-state index contributed by atoms with van der Waals surface area (Å²) < 4.78 is 0. The molecule has 0 fully saturated rings. The Morgan fingerprint density at radius 3 is 2.24 bits per heavy atom. The van der Waals surface area contributed by atoms with E-state index >= 15 is 0 Å². The summed E-state index contributed by atoms with van der Waals surface area (Å²) in [6.45, 7) is 4.51. The summed E-state index contributed by atoms with van der Waals surface area (Å²) in [6, 6.07) is 0. The molecule has 1 N–H and O–H groups in total. The number of rotatable bonds is 11. The summed E-state index contributed by atoms with van der Waals surface area (Å²) in [5, 5.41) is 8.47. The first-order chi connectivity index (χ1) is 8.13. The van der Waals surface area contributed by atoms with E-state index in [0.717, 1.165) is 18.8 Å². The molecule has 0 saturated heterocycles. The van der Waals surface area contributed by atoms with Crippen LogP contribution in [0.2, 0.25) is 0 Å². The van der Waals surface area contributed by atoms with Crippen LogP contribution in [0.5, 0.6) is 0 Å². The Bertz CT molecular complexity index is 207. The third kappa shape index (κ3) is 15.2. The van der Waals surface area contributed by atoms with Gasteiger partial charge in [-0.1, -0.05) is 45.3 Å². The summed E-state index contributed by atoms with van der Waals surface area (Å²) >= 11 is 0. The molecular weight excluding hydrogens is 212 g/mol. The van der Waals surface area contributed by atoms with E-state index in [-0.39, 0.29) is 0 Å². The van der Waals surface area contributed by atoms with Crippen molar-refractivity contribution in [3.8, 4) is 0 Å². The van der Waals surface area contributed by atoms with Gasteiger partial charge in [-0.3, -0.25) is 4.79 Å². The summed E-state index contributed by atoms with van der Waals surface area (Å²) in [5.41, 5.74) is 0. The molecule has 0 spiro atoms. The topological polar surface area (TPSA) is 37.3 Å². The number of carboxylic acids is 1. The third-order valence-corrected chi connectivity index (χ3v) is 2.84. The van der Waals surface area contributed by atoms with Crippen LogP contribution >= 0.6 is 0 Å².